The topological polar surface area (TPSA) is 12.0 Å². The minimum absolute atomic E-state index is 0.745. The number of rotatable bonds is 7. The average molecular weight is 277 g/mol. The SMILES string of the molecule is CCNC(CCc1ccsc1)CC1CC2CCC1C2. The van der Waals surface area contributed by atoms with Crippen molar-refractivity contribution in [1.82, 2.24) is 5.32 Å². The van der Waals surface area contributed by atoms with E-state index >= 15 is 0 Å². The minimum atomic E-state index is 0.745. The molecule has 19 heavy (non-hydrogen) atoms. The van der Waals surface area contributed by atoms with Crippen molar-refractivity contribution in [2.45, 2.75) is 57.9 Å². The Labute approximate surface area is 121 Å². The van der Waals surface area contributed by atoms with Crippen LogP contribution in [-0.4, -0.2) is 12.6 Å². The fourth-order valence-corrected chi connectivity index (χ4v) is 5.10. The van der Waals surface area contributed by atoms with Gasteiger partial charge in [-0.3, -0.25) is 0 Å². The van der Waals surface area contributed by atoms with Crippen molar-refractivity contribution in [2.24, 2.45) is 17.8 Å². The second-order valence-corrected chi connectivity index (χ2v) is 7.38. The highest BCUT2D eigenvalue weighted by Gasteiger charge is 2.39. The molecule has 0 amide bonds. The molecule has 106 valence electrons. The molecule has 3 rings (SSSR count). The van der Waals surface area contributed by atoms with Crippen LogP contribution in [0.1, 0.15) is 51.0 Å². The third kappa shape index (κ3) is 3.41. The van der Waals surface area contributed by atoms with Crippen LogP contribution in [0.2, 0.25) is 0 Å². The van der Waals surface area contributed by atoms with Gasteiger partial charge in [-0.1, -0.05) is 13.3 Å². The van der Waals surface area contributed by atoms with Gasteiger partial charge in [-0.15, -0.1) is 0 Å². The highest BCUT2D eigenvalue weighted by molar-refractivity contribution is 7.07. The van der Waals surface area contributed by atoms with E-state index in [1.54, 1.807) is 6.42 Å². The maximum absolute atomic E-state index is 3.73. The molecule has 0 aromatic carbocycles. The predicted octanol–water partition coefficient (Wildman–Crippen LogP) is 4.49. The Morgan fingerprint density at radius 2 is 2.32 bits per heavy atom. The lowest BCUT2D eigenvalue weighted by Crippen LogP contribution is -2.32. The molecule has 1 heterocycles. The predicted molar refractivity (Wildman–Crippen MR) is 83.7 cm³/mol. The summed E-state index contributed by atoms with van der Waals surface area (Å²) in [6.45, 7) is 3.37. The Morgan fingerprint density at radius 3 is 2.95 bits per heavy atom. The molecule has 1 N–H and O–H groups in total. The monoisotopic (exact) mass is 277 g/mol. The highest BCUT2D eigenvalue weighted by Crippen LogP contribution is 2.50. The Balaban J connectivity index is 1.49. The summed E-state index contributed by atoms with van der Waals surface area (Å²) < 4.78 is 0. The van der Waals surface area contributed by atoms with Gasteiger partial charge in [0.25, 0.3) is 0 Å². The van der Waals surface area contributed by atoms with Gasteiger partial charge in [0, 0.05) is 6.04 Å². The summed E-state index contributed by atoms with van der Waals surface area (Å²) >= 11 is 1.83. The van der Waals surface area contributed by atoms with E-state index in [0.717, 1.165) is 30.3 Å². The zero-order valence-electron chi connectivity index (χ0n) is 12.1. The second kappa shape index (κ2) is 6.41. The molecule has 4 atom stereocenters. The molecule has 2 fully saturated rings. The second-order valence-electron chi connectivity index (χ2n) is 6.60. The van der Waals surface area contributed by atoms with E-state index in [-0.39, 0.29) is 0 Å². The number of thiophene rings is 1. The number of fused-ring (bicyclic) bond motifs is 2. The first kappa shape index (κ1) is 13.6. The smallest absolute Gasteiger partial charge is 0.00728 e. The molecule has 0 radical (unpaired) electrons. The van der Waals surface area contributed by atoms with Crippen LogP contribution < -0.4 is 5.32 Å². The van der Waals surface area contributed by atoms with Crippen LogP contribution in [-0.2, 0) is 6.42 Å². The van der Waals surface area contributed by atoms with E-state index < -0.39 is 0 Å². The summed E-state index contributed by atoms with van der Waals surface area (Å²) in [6.07, 6.45) is 10.1. The standard InChI is InChI=1S/C17H27NS/c1-2-18-17(6-4-13-7-8-19-12-13)11-16-10-14-3-5-15(16)9-14/h7-8,12,14-18H,2-6,9-11H2,1H3. The highest BCUT2D eigenvalue weighted by atomic mass is 32.1. The van der Waals surface area contributed by atoms with Crippen molar-refractivity contribution < 1.29 is 0 Å². The molecule has 2 aliphatic rings. The van der Waals surface area contributed by atoms with E-state index in [4.69, 9.17) is 0 Å². The van der Waals surface area contributed by atoms with Crippen molar-refractivity contribution in [2.75, 3.05) is 6.54 Å². The van der Waals surface area contributed by atoms with Crippen LogP contribution in [0, 0.1) is 17.8 Å². The van der Waals surface area contributed by atoms with Crippen molar-refractivity contribution in [3.05, 3.63) is 22.4 Å². The first-order chi connectivity index (χ1) is 9.35. The summed E-state index contributed by atoms with van der Waals surface area (Å²) in [5, 5.41) is 8.24. The van der Waals surface area contributed by atoms with Crippen molar-refractivity contribution in [1.29, 1.82) is 0 Å². The number of nitrogens with one attached hydrogen (secondary N) is 1. The molecule has 2 bridgehead atoms. The maximum atomic E-state index is 3.73. The molecule has 1 nitrogen and oxygen atoms in total. The van der Waals surface area contributed by atoms with Gasteiger partial charge in [0.2, 0.25) is 0 Å². The zero-order valence-corrected chi connectivity index (χ0v) is 12.9. The average Bonchev–Trinajstić information content (AvgIpc) is 3.13. The Morgan fingerprint density at radius 1 is 1.37 bits per heavy atom. The van der Waals surface area contributed by atoms with Crippen molar-refractivity contribution in [3.63, 3.8) is 0 Å². The molecule has 0 saturated heterocycles. The van der Waals surface area contributed by atoms with Gasteiger partial charge in [0.05, 0.1) is 0 Å². The first-order valence-electron chi connectivity index (χ1n) is 8.09. The molecule has 0 aliphatic heterocycles. The quantitative estimate of drug-likeness (QED) is 0.774. The molecule has 2 heteroatoms. The van der Waals surface area contributed by atoms with Gasteiger partial charge < -0.3 is 5.32 Å². The van der Waals surface area contributed by atoms with Gasteiger partial charge in [0.1, 0.15) is 0 Å². The molecule has 2 aliphatic carbocycles. The lowest BCUT2D eigenvalue weighted by Gasteiger charge is -2.27. The summed E-state index contributed by atoms with van der Waals surface area (Å²) in [7, 11) is 0. The third-order valence-electron chi connectivity index (χ3n) is 5.33. The lowest BCUT2D eigenvalue weighted by molar-refractivity contribution is 0.273. The molecule has 2 saturated carbocycles. The van der Waals surface area contributed by atoms with Crippen LogP contribution in [0.25, 0.3) is 0 Å². The van der Waals surface area contributed by atoms with Crippen LogP contribution >= 0.6 is 11.3 Å². The van der Waals surface area contributed by atoms with Crippen LogP contribution in [0.5, 0.6) is 0 Å². The van der Waals surface area contributed by atoms with E-state index in [2.05, 4.69) is 29.1 Å². The molecule has 1 aromatic heterocycles. The van der Waals surface area contributed by atoms with Crippen LogP contribution in [0.3, 0.4) is 0 Å². The van der Waals surface area contributed by atoms with Crippen molar-refractivity contribution in [3.8, 4) is 0 Å². The Hall–Kier alpha value is -0.340. The van der Waals surface area contributed by atoms with Gasteiger partial charge in [-0.25, -0.2) is 0 Å². The van der Waals surface area contributed by atoms with Crippen molar-refractivity contribution >= 4 is 11.3 Å². The van der Waals surface area contributed by atoms with Crippen LogP contribution in [0.15, 0.2) is 16.8 Å². The Bertz CT molecular complexity index is 373. The van der Waals surface area contributed by atoms with E-state index in [1.165, 1.54) is 44.1 Å². The number of aryl methyl sites for hydroxylation is 1. The van der Waals surface area contributed by atoms with Gasteiger partial charge in [0.15, 0.2) is 0 Å². The first-order valence-corrected chi connectivity index (χ1v) is 9.04. The van der Waals surface area contributed by atoms with Gasteiger partial charge >= 0.3 is 0 Å². The third-order valence-corrected chi connectivity index (χ3v) is 6.06. The lowest BCUT2D eigenvalue weighted by atomic mass is 9.83. The molecule has 4 unspecified atom stereocenters. The number of hydrogen-bond acceptors (Lipinski definition) is 2. The zero-order chi connectivity index (χ0) is 13.1. The maximum Gasteiger partial charge on any atom is 0.00728 e. The largest absolute Gasteiger partial charge is 0.314 e. The molecule has 1 aromatic rings. The van der Waals surface area contributed by atoms with Crippen LogP contribution in [0.4, 0.5) is 0 Å². The molecular formula is C17H27NS. The van der Waals surface area contributed by atoms with Gasteiger partial charge in [-0.05, 0) is 85.2 Å². The van der Waals surface area contributed by atoms with E-state index in [9.17, 15) is 0 Å². The summed E-state index contributed by atoms with van der Waals surface area (Å²) in [4.78, 5) is 0. The molecular weight excluding hydrogens is 250 g/mol. The Kier molecular flexibility index (Phi) is 4.60. The van der Waals surface area contributed by atoms with E-state index in [1.807, 2.05) is 11.3 Å². The van der Waals surface area contributed by atoms with Gasteiger partial charge in [-0.2, -0.15) is 11.3 Å². The summed E-state index contributed by atoms with van der Waals surface area (Å²) in [6, 6.07) is 3.03. The molecule has 0 spiro atoms. The normalized spacial score (nSPS) is 30.9. The summed E-state index contributed by atoms with van der Waals surface area (Å²) in [5.74, 6) is 3.20. The fourth-order valence-electron chi connectivity index (χ4n) is 4.40. The minimum Gasteiger partial charge on any atom is -0.314 e. The fraction of sp³-hybridized carbons (Fsp3) is 0.765. The van der Waals surface area contributed by atoms with E-state index in [0.29, 0.717) is 0 Å². The number of hydrogen-bond donors (Lipinski definition) is 1. The summed E-state index contributed by atoms with van der Waals surface area (Å²) in [5.41, 5.74) is 1.53.